The molecule has 3 rings (SSSR count). The molecule has 0 unspecified atom stereocenters. The minimum atomic E-state index is -0.268. The monoisotopic (exact) mass is 287 g/mol. The summed E-state index contributed by atoms with van der Waals surface area (Å²) in [5, 5.41) is 11.5. The first-order valence-electron chi connectivity index (χ1n) is 6.10. The van der Waals surface area contributed by atoms with Gasteiger partial charge in [0.25, 0.3) is 0 Å². The van der Waals surface area contributed by atoms with E-state index < -0.39 is 0 Å². The molecule has 4 heteroatoms. The molecule has 0 spiro atoms. The molecule has 0 aliphatic heterocycles. The van der Waals surface area contributed by atoms with Gasteiger partial charge in [0.1, 0.15) is 16.7 Å². The highest BCUT2D eigenvalue weighted by atomic mass is 35.5. The Bertz CT molecular complexity index is 817. The molecule has 1 N–H and O–H groups in total. The fourth-order valence-electron chi connectivity index (χ4n) is 2.34. The Balaban J connectivity index is 2.34. The topological polar surface area (TPSA) is 33.1 Å². The zero-order chi connectivity index (χ0) is 14.3. The third-order valence-electron chi connectivity index (χ3n) is 3.30. The highest BCUT2D eigenvalue weighted by Gasteiger charge is 2.11. The average molecular weight is 288 g/mol. The fraction of sp³-hybridized carbons (Fsp3) is 0.0625. The molecule has 0 radical (unpaired) electrons. The highest BCUT2D eigenvalue weighted by Crippen LogP contribution is 2.34. The number of aryl methyl sites for hydroxylation is 1. The van der Waals surface area contributed by atoms with Crippen LogP contribution in [0.2, 0.25) is 5.15 Å². The van der Waals surface area contributed by atoms with E-state index in [1.165, 1.54) is 12.1 Å². The van der Waals surface area contributed by atoms with Gasteiger partial charge in [0, 0.05) is 17.1 Å². The van der Waals surface area contributed by atoms with Crippen LogP contribution in [0.1, 0.15) is 5.56 Å². The predicted molar refractivity (Wildman–Crippen MR) is 78.5 cm³/mol. The van der Waals surface area contributed by atoms with Crippen molar-refractivity contribution in [2.75, 3.05) is 0 Å². The molecule has 0 saturated carbocycles. The molecule has 0 atom stereocenters. The summed E-state index contributed by atoms with van der Waals surface area (Å²) in [6.45, 7) is 1.85. The number of benzene rings is 2. The molecule has 0 aliphatic rings. The SMILES string of the molecule is Cc1cc(F)ccc1-c1cnc(Cl)c2cc(O)ccc12. The van der Waals surface area contributed by atoms with Crippen LogP contribution in [0.25, 0.3) is 21.9 Å². The van der Waals surface area contributed by atoms with Crippen molar-refractivity contribution >= 4 is 22.4 Å². The Labute approximate surface area is 120 Å². The average Bonchev–Trinajstić information content (AvgIpc) is 2.41. The van der Waals surface area contributed by atoms with Crippen molar-refractivity contribution in [1.82, 2.24) is 4.98 Å². The number of aromatic hydroxyl groups is 1. The van der Waals surface area contributed by atoms with Gasteiger partial charge in [-0.15, -0.1) is 0 Å². The number of fused-ring (bicyclic) bond motifs is 1. The summed E-state index contributed by atoms with van der Waals surface area (Å²) in [6.07, 6.45) is 1.67. The van der Waals surface area contributed by atoms with E-state index >= 15 is 0 Å². The Morgan fingerprint density at radius 1 is 1.05 bits per heavy atom. The zero-order valence-corrected chi connectivity index (χ0v) is 11.4. The summed E-state index contributed by atoms with van der Waals surface area (Å²) in [5.41, 5.74) is 2.58. The van der Waals surface area contributed by atoms with Crippen LogP contribution in [0.5, 0.6) is 5.75 Å². The van der Waals surface area contributed by atoms with Gasteiger partial charge in [-0.2, -0.15) is 0 Å². The Kier molecular flexibility index (Phi) is 3.07. The summed E-state index contributed by atoms with van der Waals surface area (Å²) in [4.78, 5) is 4.15. The molecule has 1 heterocycles. The van der Waals surface area contributed by atoms with E-state index in [9.17, 15) is 9.50 Å². The number of nitrogens with zero attached hydrogens (tertiary/aromatic N) is 1. The van der Waals surface area contributed by atoms with Crippen LogP contribution >= 0.6 is 11.6 Å². The summed E-state index contributed by atoms with van der Waals surface area (Å²) in [7, 11) is 0. The van der Waals surface area contributed by atoms with Crippen LogP contribution in [0.4, 0.5) is 4.39 Å². The van der Waals surface area contributed by atoms with Gasteiger partial charge in [-0.3, -0.25) is 0 Å². The first-order chi connectivity index (χ1) is 9.56. The van der Waals surface area contributed by atoms with Crippen molar-refractivity contribution in [2.24, 2.45) is 0 Å². The smallest absolute Gasteiger partial charge is 0.137 e. The Morgan fingerprint density at radius 2 is 1.85 bits per heavy atom. The van der Waals surface area contributed by atoms with Crippen molar-refractivity contribution in [3.8, 4) is 16.9 Å². The van der Waals surface area contributed by atoms with Crippen LogP contribution < -0.4 is 0 Å². The fourth-order valence-corrected chi connectivity index (χ4v) is 2.55. The molecule has 0 bridgehead atoms. The van der Waals surface area contributed by atoms with Crippen LogP contribution in [0.3, 0.4) is 0 Å². The second-order valence-corrected chi connectivity index (χ2v) is 5.01. The van der Waals surface area contributed by atoms with Gasteiger partial charge < -0.3 is 5.11 Å². The van der Waals surface area contributed by atoms with Crippen molar-refractivity contribution in [3.63, 3.8) is 0 Å². The van der Waals surface area contributed by atoms with E-state index in [1.807, 2.05) is 6.92 Å². The van der Waals surface area contributed by atoms with Gasteiger partial charge in [-0.1, -0.05) is 17.7 Å². The lowest BCUT2D eigenvalue weighted by atomic mass is 9.97. The number of hydrogen-bond acceptors (Lipinski definition) is 2. The van der Waals surface area contributed by atoms with Gasteiger partial charge in [0.05, 0.1) is 0 Å². The van der Waals surface area contributed by atoms with Gasteiger partial charge in [0.2, 0.25) is 0 Å². The summed E-state index contributed by atoms with van der Waals surface area (Å²) in [6, 6.07) is 9.59. The number of halogens is 2. The second-order valence-electron chi connectivity index (χ2n) is 4.65. The summed E-state index contributed by atoms with van der Waals surface area (Å²) < 4.78 is 13.2. The standard InChI is InChI=1S/C16H11ClFNO/c1-9-6-10(18)2-4-12(9)15-8-19-16(17)14-7-11(20)3-5-13(14)15/h2-8,20H,1H3. The largest absolute Gasteiger partial charge is 0.508 e. The van der Waals surface area contributed by atoms with E-state index in [0.717, 1.165) is 22.1 Å². The molecule has 0 fully saturated rings. The normalized spacial score (nSPS) is 10.9. The quantitative estimate of drug-likeness (QED) is 0.658. The number of aromatic nitrogens is 1. The summed E-state index contributed by atoms with van der Waals surface area (Å²) >= 11 is 6.07. The van der Waals surface area contributed by atoms with Crippen molar-refractivity contribution < 1.29 is 9.50 Å². The molecule has 3 aromatic rings. The highest BCUT2D eigenvalue weighted by molar-refractivity contribution is 6.34. The van der Waals surface area contributed by atoms with E-state index in [4.69, 9.17) is 11.6 Å². The minimum absolute atomic E-state index is 0.133. The molecule has 0 amide bonds. The van der Waals surface area contributed by atoms with Gasteiger partial charge >= 0.3 is 0 Å². The number of pyridine rings is 1. The first kappa shape index (κ1) is 12.9. The second kappa shape index (κ2) is 4.76. The number of rotatable bonds is 1. The maximum absolute atomic E-state index is 13.2. The number of phenols is 1. The van der Waals surface area contributed by atoms with Gasteiger partial charge in [-0.25, -0.2) is 9.37 Å². The number of hydrogen-bond donors (Lipinski definition) is 1. The molecule has 20 heavy (non-hydrogen) atoms. The lowest BCUT2D eigenvalue weighted by Crippen LogP contribution is -1.89. The van der Waals surface area contributed by atoms with Crippen LogP contribution in [-0.2, 0) is 0 Å². The molecular formula is C16H11ClFNO. The van der Waals surface area contributed by atoms with Crippen molar-refractivity contribution in [1.29, 1.82) is 0 Å². The van der Waals surface area contributed by atoms with E-state index in [0.29, 0.717) is 10.5 Å². The number of phenolic OH excluding ortho intramolecular Hbond substituents is 1. The molecule has 0 saturated heterocycles. The maximum Gasteiger partial charge on any atom is 0.137 e. The Morgan fingerprint density at radius 3 is 2.60 bits per heavy atom. The van der Waals surface area contributed by atoms with Gasteiger partial charge in [0.15, 0.2) is 0 Å². The molecule has 0 aliphatic carbocycles. The van der Waals surface area contributed by atoms with Crippen LogP contribution in [0.15, 0.2) is 42.6 Å². The summed E-state index contributed by atoms with van der Waals surface area (Å²) in [5.74, 6) is -0.135. The minimum Gasteiger partial charge on any atom is -0.508 e. The predicted octanol–water partition coefficient (Wildman–Crippen LogP) is 4.71. The molecule has 1 aromatic heterocycles. The van der Waals surface area contributed by atoms with E-state index in [-0.39, 0.29) is 11.6 Å². The lowest BCUT2D eigenvalue weighted by Gasteiger charge is -2.10. The molecule has 2 nitrogen and oxygen atoms in total. The maximum atomic E-state index is 13.2. The van der Waals surface area contributed by atoms with E-state index in [1.54, 1.807) is 30.5 Å². The molecule has 100 valence electrons. The van der Waals surface area contributed by atoms with Crippen LogP contribution in [0, 0.1) is 12.7 Å². The van der Waals surface area contributed by atoms with Crippen molar-refractivity contribution in [2.45, 2.75) is 6.92 Å². The third kappa shape index (κ3) is 2.10. The lowest BCUT2D eigenvalue weighted by molar-refractivity contribution is 0.476. The Hall–Kier alpha value is -2.13. The molecular weight excluding hydrogens is 277 g/mol. The molecule has 2 aromatic carbocycles. The van der Waals surface area contributed by atoms with E-state index in [2.05, 4.69) is 4.98 Å². The zero-order valence-electron chi connectivity index (χ0n) is 10.7. The third-order valence-corrected chi connectivity index (χ3v) is 3.60. The van der Waals surface area contributed by atoms with Gasteiger partial charge in [-0.05, 0) is 53.8 Å². The first-order valence-corrected chi connectivity index (χ1v) is 6.48. The van der Waals surface area contributed by atoms with Crippen molar-refractivity contribution in [3.05, 3.63) is 59.1 Å². The van der Waals surface area contributed by atoms with Crippen LogP contribution in [-0.4, -0.2) is 10.1 Å².